The van der Waals surface area contributed by atoms with E-state index in [1.807, 2.05) is 48.7 Å². The lowest BCUT2D eigenvalue weighted by Gasteiger charge is -2.20. The van der Waals surface area contributed by atoms with Gasteiger partial charge in [-0.05, 0) is 31.2 Å². The van der Waals surface area contributed by atoms with Crippen LogP contribution >= 0.6 is 11.3 Å². The summed E-state index contributed by atoms with van der Waals surface area (Å²) in [4.78, 5) is 35.4. The molecule has 8 heteroatoms. The van der Waals surface area contributed by atoms with Crippen molar-refractivity contribution in [2.24, 2.45) is 5.92 Å². The second-order valence-corrected chi connectivity index (χ2v) is 7.43. The maximum Gasteiger partial charge on any atom is 0.231 e. The van der Waals surface area contributed by atoms with E-state index in [4.69, 9.17) is 4.74 Å². The van der Waals surface area contributed by atoms with E-state index >= 15 is 0 Å². The van der Waals surface area contributed by atoms with Gasteiger partial charge in [0.2, 0.25) is 11.8 Å². The number of carbonyl (C=O) groups excluding carboxylic acids is 2. The van der Waals surface area contributed by atoms with Gasteiger partial charge in [-0.25, -0.2) is 4.98 Å². The number of pyridine rings is 1. The fourth-order valence-electron chi connectivity index (χ4n) is 3.26. The van der Waals surface area contributed by atoms with E-state index in [1.165, 1.54) is 11.3 Å². The first kappa shape index (κ1) is 19.1. The summed E-state index contributed by atoms with van der Waals surface area (Å²) < 4.78 is 5.63. The van der Waals surface area contributed by atoms with Crippen molar-refractivity contribution in [3.63, 3.8) is 0 Å². The zero-order chi connectivity index (χ0) is 20.2. The average molecular weight is 408 g/mol. The van der Waals surface area contributed by atoms with Crippen LogP contribution in [0.1, 0.15) is 13.3 Å². The lowest BCUT2D eigenvalue weighted by atomic mass is 10.1. The van der Waals surface area contributed by atoms with E-state index in [-0.39, 0.29) is 18.2 Å². The third-order valence-electron chi connectivity index (χ3n) is 4.64. The standard InChI is InChI=1S/C21H20N4O3S/c1-2-28-18-8-4-3-7-17(18)25-12-15(10-19(25)26)20(27)24-21-23-16(13-29-21)14-6-5-9-22-11-14/h3-9,11,13,15H,2,10,12H2,1H3,(H,23,24,27). The first-order valence-electron chi connectivity index (χ1n) is 9.34. The summed E-state index contributed by atoms with van der Waals surface area (Å²) >= 11 is 1.35. The largest absolute Gasteiger partial charge is 0.492 e. The normalized spacial score (nSPS) is 16.1. The van der Waals surface area contributed by atoms with Crippen LogP contribution in [-0.2, 0) is 9.59 Å². The van der Waals surface area contributed by atoms with Crippen molar-refractivity contribution < 1.29 is 14.3 Å². The Morgan fingerprint density at radius 2 is 2.17 bits per heavy atom. The van der Waals surface area contributed by atoms with Crippen LogP contribution in [0, 0.1) is 5.92 Å². The molecule has 1 saturated heterocycles. The number of anilines is 2. The van der Waals surface area contributed by atoms with Crippen LogP contribution in [0.25, 0.3) is 11.3 Å². The molecule has 3 heterocycles. The molecule has 2 amide bonds. The van der Waals surface area contributed by atoms with E-state index in [0.717, 1.165) is 11.3 Å². The Morgan fingerprint density at radius 1 is 1.31 bits per heavy atom. The number of benzene rings is 1. The number of amides is 2. The first-order valence-corrected chi connectivity index (χ1v) is 10.2. The Bertz CT molecular complexity index is 1020. The molecule has 4 rings (SSSR count). The van der Waals surface area contributed by atoms with Gasteiger partial charge in [-0.3, -0.25) is 14.6 Å². The van der Waals surface area contributed by atoms with Gasteiger partial charge in [0, 0.05) is 36.3 Å². The highest BCUT2D eigenvalue weighted by atomic mass is 32.1. The smallest absolute Gasteiger partial charge is 0.231 e. The molecule has 0 spiro atoms. The number of ether oxygens (including phenoxy) is 1. The molecule has 1 aromatic carbocycles. The number of nitrogens with one attached hydrogen (secondary N) is 1. The number of rotatable bonds is 6. The molecule has 1 atom stereocenters. The molecule has 1 N–H and O–H groups in total. The van der Waals surface area contributed by atoms with Crippen molar-refractivity contribution in [3.8, 4) is 17.0 Å². The number of aromatic nitrogens is 2. The predicted molar refractivity (Wildman–Crippen MR) is 112 cm³/mol. The lowest BCUT2D eigenvalue weighted by Crippen LogP contribution is -2.28. The highest BCUT2D eigenvalue weighted by molar-refractivity contribution is 7.14. The number of nitrogens with zero attached hydrogens (tertiary/aromatic N) is 3. The van der Waals surface area contributed by atoms with Crippen LogP contribution in [0.5, 0.6) is 5.75 Å². The Labute approximate surface area is 172 Å². The summed E-state index contributed by atoms with van der Waals surface area (Å²) in [6, 6.07) is 11.1. The maximum absolute atomic E-state index is 12.7. The highest BCUT2D eigenvalue weighted by Gasteiger charge is 2.36. The molecule has 0 saturated carbocycles. The molecule has 0 bridgehead atoms. The SMILES string of the molecule is CCOc1ccccc1N1CC(C(=O)Nc2nc(-c3cccnc3)cs2)CC1=O. The zero-order valence-corrected chi connectivity index (χ0v) is 16.7. The topological polar surface area (TPSA) is 84.4 Å². The fraction of sp³-hybridized carbons (Fsp3) is 0.238. The summed E-state index contributed by atoms with van der Waals surface area (Å²) in [5.41, 5.74) is 2.34. The molecule has 2 aromatic heterocycles. The van der Waals surface area contributed by atoms with Crippen LogP contribution < -0.4 is 15.0 Å². The summed E-state index contributed by atoms with van der Waals surface area (Å²) in [6.45, 7) is 2.72. The van der Waals surface area contributed by atoms with Gasteiger partial charge < -0.3 is 15.0 Å². The van der Waals surface area contributed by atoms with E-state index in [2.05, 4.69) is 15.3 Å². The second-order valence-electron chi connectivity index (χ2n) is 6.57. The van der Waals surface area contributed by atoms with E-state index in [0.29, 0.717) is 29.7 Å². The summed E-state index contributed by atoms with van der Waals surface area (Å²) in [5.74, 6) is -0.0947. The molecule has 1 aliphatic rings. The summed E-state index contributed by atoms with van der Waals surface area (Å²) in [7, 11) is 0. The monoisotopic (exact) mass is 408 g/mol. The number of hydrogen-bond acceptors (Lipinski definition) is 6. The van der Waals surface area contributed by atoms with Gasteiger partial charge in [0.1, 0.15) is 5.75 Å². The molecule has 0 radical (unpaired) electrons. The van der Waals surface area contributed by atoms with Crippen LogP contribution in [0.15, 0.2) is 54.2 Å². The maximum atomic E-state index is 12.7. The summed E-state index contributed by atoms with van der Waals surface area (Å²) in [6.07, 6.45) is 3.59. The van der Waals surface area contributed by atoms with Crippen LogP contribution in [0.2, 0.25) is 0 Å². The molecule has 29 heavy (non-hydrogen) atoms. The Kier molecular flexibility index (Phi) is 5.53. The Balaban J connectivity index is 1.45. The third-order valence-corrected chi connectivity index (χ3v) is 5.40. The second kappa shape index (κ2) is 8.40. The predicted octanol–water partition coefficient (Wildman–Crippen LogP) is 3.60. The van der Waals surface area contributed by atoms with Crippen LogP contribution in [-0.4, -0.2) is 34.9 Å². The average Bonchev–Trinajstić information content (AvgIpc) is 3.36. The van der Waals surface area contributed by atoms with E-state index in [1.54, 1.807) is 17.3 Å². The van der Waals surface area contributed by atoms with E-state index in [9.17, 15) is 9.59 Å². The van der Waals surface area contributed by atoms with Gasteiger partial charge in [0.15, 0.2) is 5.13 Å². The molecule has 3 aromatic rings. The third kappa shape index (κ3) is 4.12. The highest BCUT2D eigenvalue weighted by Crippen LogP contribution is 2.33. The minimum Gasteiger partial charge on any atom is -0.492 e. The van der Waals surface area contributed by atoms with Gasteiger partial charge in [-0.15, -0.1) is 11.3 Å². The van der Waals surface area contributed by atoms with Gasteiger partial charge in [0.05, 0.1) is 23.9 Å². The molecular weight excluding hydrogens is 388 g/mol. The molecule has 1 fully saturated rings. The van der Waals surface area contributed by atoms with Crippen molar-refractivity contribution in [1.82, 2.24) is 9.97 Å². The van der Waals surface area contributed by atoms with Crippen LogP contribution in [0.4, 0.5) is 10.8 Å². The number of carbonyl (C=O) groups is 2. The number of thiazole rings is 1. The van der Waals surface area contributed by atoms with Gasteiger partial charge in [-0.1, -0.05) is 12.1 Å². The molecular formula is C21H20N4O3S. The molecule has 7 nitrogen and oxygen atoms in total. The Morgan fingerprint density at radius 3 is 2.97 bits per heavy atom. The lowest BCUT2D eigenvalue weighted by molar-refractivity contribution is -0.122. The minimum absolute atomic E-state index is 0.0903. The van der Waals surface area contributed by atoms with Gasteiger partial charge in [-0.2, -0.15) is 0 Å². The van der Waals surface area contributed by atoms with Crippen molar-refractivity contribution >= 4 is 34.0 Å². The molecule has 1 aliphatic heterocycles. The van der Waals surface area contributed by atoms with Crippen LogP contribution in [0.3, 0.4) is 0 Å². The quantitative estimate of drug-likeness (QED) is 0.674. The van der Waals surface area contributed by atoms with E-state index < -0.39 is 5.92 Å². The zero-order valence-electron chi connectivity index (χ0n) is 15.9. The molecule has 0 aliphatic carbocycles. The van der Waals surface area contributed by atoms with Gasteiger partial charge >= 0.3 is 0 Å². The van der Waals surface area contributed by atoms with Crippen molar-refractivity contribution in [2.45, 2.75) is 13.3 Å². The van der Waals surface area contributed by atoms with Crippen molar-refractivity contribution in [1.29, 1.82) is 0 Å². The fourth-order valence-corrected chi connectivity index (χ4v) is 3.98. The van der Waals surface area contributed by atoms with Gasteiger partial charge in [0.25, 0.3) is 0 Å². The van der Waals surface area contributed by atoms with Crippen molar-refractivity contribution in [3.05, 3.63) is 54.2 Å². The summed E-state index contributed by atoms with van der Waals surface area (Å²) in [5, 5.41) is 5.23. The number of para-hydroxylation sites is 2. The molecule has 1 unspecified atom stereocenters. The molecule has 148 valence electrons. The number of hydrogen-bond donors (Lipinski definition) is 1. The Hall–Kier alpha value is -3.26. The van der Waals surface area contributed by atoms with Crippen molar-refractivity contribution in [2.75, 3.05) is 23.4 Å². The minimum atomic E-state index is -0.442. The first-order chi connectivity index (χ1) is 14.2.